The largest absolute Gasteiger partial charge is 0.462 e. The van der Waals surface area contributed by atoms with Crippen LogP contribution < -0.4 is 0 Å². The van der Waals surface area contributed by atoms with Crippen LogP contribution in [0.3, 0.4) is 0 Å². The molecular formula is C57H108O5. The van der Waals surface area contributed by atoms with E-state index in [0.717, 1.165) is 51.4 Å². The smallest absolute Gasteiger partial charge is 0.306 e. The molecule has 0 bridgehead atoms. The van der Waals surface area contributed by atoms with E-state index in [4.69, 9.17) is 14.2 Å². The average molecular weight is 873 g/mol. The average Bonchev–Trinajstić information content (AvgIpc) is 3.27. The summed E-state index contributed by atoms with van der Waals surface area (Å²) in [5.74, 6) is -0.390. The summed E-state index contributed by atoms with van der Waals surface area (Å²) in [7, 11) is 0. The summed E-state index contributed by atoms with van der Waals surface area (Å²) < 4.78 is 17.5. The first kappa shape index (κ1) is 60.4. The van der Waals surface area contributed by atoms with E-state index in [9.17, 15) is 9.59 Å². The van der Waals surface area contributed by atoms with Crippen LogP contribution in [0.1, 0.15) is 303 Å². The Bertz CT molecular complexity index is 943. The lowest BCUT2D eigenvalue weighted by Gasteiger charge is -2.18. The van der Waals surface area contributed by atoms with Crippen molar-refractivity contribution in [2.75, 3.05) is 19.8 Å². The highest BCUT2D eigenvalue weighted by molar-refractivity contribution is 5.70. The van der Waals surface area contributed by atoms with Crippen molar-refractivity contribution < 1.29 is 23.8 Å². The molecular weight excluding hydrogens is 765 g/mol. The third kappa shape index (κ3) is 51.0. The molecule has 62 heavy (non-hydrogen) atoms. The Morgan fingerprint density at radius 1 is 0.339 bits per heavy atom. The van der Waals surface area contributed by atoms with E-state index in [1.165, 1.54) is 218 Å². The first-order valence-corrected chi connectivity index (χ1v) is 27.9. The number of esters is 2. The van der Waals surface area contributed by atoms with Crippen LogP contribution in [0.5, 0.6) is 0 Å². The van der Waals surface area contributed by atoms with Crippen molar-refractivity contribution in [3.63, 3.8) is 0 Å². The van der Waals surface area contributed by atoms with Crippen LogP contribution in [0, 0.1) is 0 Å². The highest BCUT2D eigenvalue weighted by atomic mass is 16.6. The first-order valence-electron chi connectivity index (χ1n) is 27.9. The number of carbonyl (C=O) groups excluding carboxylic acids is 2. The minimum absolute atomic E-state index is 0.0865. The Balaban J connectivity index is 4.22. The second-order valence-electron chi connectivity index (χ2n) is 18.8. The Kier molecular flexibility index (Phi) is 52.3. The highest BCUT2D eigenvalue weighted by Gasteiger charge is 2.17. The van der Waals surface area contributed by atoms with Gasteiger partial charge in [-0.15, -0.1) is 0 Å². The van der Waals surface area contributed by atoms with Gasteiger partial charge in [-0.25, -0.2) is 0 Å². The predicted molar refractivity (Wildman–Crippen MR) is 270 cm³/mol. The van der Waals surface area contributed by atoms with Gasteiger partial charge >= 0.3 is 11.9 Å². The lowest BCUT2D eigenvalue weighted by atomic mass is 10.0. The Labute approximate surface area is 387 Å². The molecule has 0 aromatic heterocycles. The Morgan fingerprint density at radius 3 is 0.984 bits per heavy atom. The van der Waals surface area contributed by atoms with Gasteiger partial charge in [0.05, 0.1) is 6.61 Å². The second-order valence-corrected chi connectivity index (χ2v) is 18.8. The summed E-state index contributed by atoms with van der Waals surface area (Å²) in [6.45, 7) is 7.86. The van der Waals surface area contributed by atoms with E-state index in [0.29, 0.717) is 26.1 Å². The molecule has 0 rings (SSSR count). The summed E-state index contributed by atoms with van der Waals surface area (Å²) in [5, 5.41) is 0. The molecule has 0 fully saturated rings. The fourth-order valence-corrected chi connectivity index (χ4v) is 8.27. The van der Waals surface area contributed by atoms with Crippen LogP contribution in [0.25, 0.3) is 0 Å². The zero-order valence-corrected chi connectivity index (χ0v) is 42.2. The number of hydrogen-bond acceptors (Lipinski definition) is 5. The van der Waals surface area contributed by atoms with Gasteiger partial charge in [-0.2, -0.15) is 0 Å². The molecule has 0 saturated carbocycles. The van der Waals surface area contributed by atoms with Crippen LogP contribution in [0.15, 0.2) is 24.3 Å². The molecule has 0 saturated heterocycles. The Morgan fingerprint density at radius 2 is 0.629 bits per heavy atom. The minimum Gasteiger partial charge on any atom is -0.462 e. The normalized spacial score (nSPS) is 12.2. The van der Waals surface area contributed by atoms with Crippen LogP contribution in [0.4, 0.5) is 0 Å². The van der Waals surface area contributed by atoms with Gasteiger partial charge in [0, 0.05) is 19.4 Å². The van der Waals surface area contributed by atoms with Gasteiger partial charge in [0.15, 0.2) is 6.10 Å². The fourth-order valence-electron chi connectivity index (χ4n) is 8.27. The van der Waals surface area contributed by atoms with Crippen LogP contribution in [-0.2, 0) is 23.8 Å². The van der Waals surface area contributed by atoms with Gasteiger partial charge in [-0.3, -0.25) is 9.59 Å². The molecule has 1 atom stereocenters. The minimum atomic E-state index is -0.534. The third-order valence-electron chi connectivity index (χ3n) is 12.5. The quantitative estimate of drug-likeness (QED) is 0.0346. The van der Waals surface area contributed by atoms with Gasteiger partial charge in [0.2, 0.25) is 0 Å². The van der Waals surface area contributed by atoms with Crippen molar-refractivity contribution in [2.24, 2.45) is 0 Å². The van der Waals surface area contributed by atoms with E-state index >= 15 is 0 Å². The molecule has 366 valence electrons. The van der Waals surface area contributed by atoms with E-state index in [1.807, 2.05) is 0 Å². The molecule has 0 aliphatic carbocycles. The first-order chi connectivity index (χ1) is 30.6. The van der Waals surface area contributed by atoms with Crippen molar-refractivity contribution in [1.82, 2.24) is 0 Å². The third-order valence-corrected chi connectivity index (χ3v) is 12.5. The maximum Gasteiger partial charge on any atom is 0.306 e. The second kappa shape index (κ2) is 53.7. The predicted octanol–water partition coefficient (Wildman–Crippen LogP) is 18.8. The van der Waals surface area contributed by atoms with E-state index in [1.54, 1.807) is 0 Å². The van der Waals surface area contributed by atoms with Crippen molar-refractivity contribution in [3.8, 4) is 0 Å². The molecule has 1 unspecified atom stereocenters. The molecule has 0 aliphatic heterocycles. The van der Waals surface area contributed by atoms with Gasteiger partial charge in [-0.05, 0) is 70.6 Å². The summed E-state index contributed by atoms with van der Waals surface area (Å²) in [5.41, 5.74) is 0. The SMILES string of the molecule is CCCCCCCC/C=C\CCCCCCCCCCOCC(COC(=O)CCCCCCC/C=C\CCCCCCCC)OC(=O)CCCCCCCCCCCCCCC. The molecule has 0 amide bonds. The molecule has 5 nitrogen and oxygen atoms in total. The molecule has 0 N–H and O–H groups in total. The summed E-state index contributed by atoms with van der Waals surface area (Å²) in [4.78, 5) is 25.4. The number of rotatable bonds is 52. The van der Waals surface area contributed by atoms with E-state index in [2.05, 4.69) is 45.1 Å². The highest BCUT2D eigenvalue weighted by Crippen LogP contribution is 2.16. The number of hydrogen-bond donors (Lipinski definition) is 0. The summed E-state index contributed by atoms with van der Waals surface area (Å²) >= 11 is 0. The van der Waals surface area contributed by atoms with Gasteiger partial charge in [0.1, 0.15) is 6.61 Å². The molecule has 0 aromatic carbocycles. The molecule has 0 spiro atoms. The lowest BCUT2D eigenvalue weighted by Crippen LogP contribution is -2.30. The molecule has 0 heterocycles. The van der Waals surface area contributed by atoms with Gasteiger partial charge in [0.25, 0.3) is 0 Å². The fraction of sp³-hybridized carbons (Fsp3) is 0.895. The molecule has 0 aliphatic rings. The van der Waals surface area contributed by atoms with E-state index < -0.39 is 6.10 Å². The number of allylic oxidation sites excluding steroid dienone is 4. The standard InChI is InChI=1S/C57H108O5/c1-4-7-10-13-16-19-22-25-27-28-29-31-34-37-40-43-46-49-52-60-53-55(62-57(59)51-48-45-42-39-36-32-24-21-18-15-12-9-6-3)54-61-56(58)50-47-44-41-38-35-33-30-26-23-20-17-14-11-8-5-2/h25-27,30,55H,4-24,28-29,31-54H2,1-3H3/b27-25-,30-26-. The molecule has 5 heteroatoms. The summed E-state index contributed by atoms with van der Waals surface area (Å²) in [6, 6.07) is 0. The van der Waals surface area contributed by atoms with Gasteiger partial charge in [-0.1, -0.05) is 244 Å². The van der Waals surface area contributed by atoms with Crippen molar-refractivity contribution in [1.29, 1.82) is 0 Å². The summed E-state index contributed by atoms with van der Waals surface area (Å²) in [6.07, 6.45) is 63.3. The monoisotopic (exact) mass is 873 g/mol. The Hall–Kier alpha value is -1.62. The van der Waals surface area contributed by atoms with Gasteiger partial charge < -0.3 is 14.2 Å². The zero-order chi connectivity index (χ0) is 44.9. The van der Waals surface area contributed by atoms with Crippen LogP contribution >= 0.6 is 0 Å². The van der Waals surface area contributed by atoms with Crippen molar-refractivity contribution in [3.05, 3.63) is 24.3 Å². The van der Waals surface area contributed by atoms with Crippen molar-refractivity contribution in [2.45, 2.75) is 309 Å². The maximum absolute atomic E-state index is 12.8. The number of carbonyl (C=O) groups is 2. The molecule has 0 aromatic rings. The van der Waals surface area contributed by atoms with Crippen molar-refractivity contribution >= 4 is 11.9 Å². The zero-order valence-electron chi connectivity index (χ0n) is 42.2. The maximum atomic E-state index is 12.8. The van der Waals surface area contributed by atoms with Crippen LogP contribution in [-0.4, -0.2) is 37.9 Å². The number of ether oxygens (including phenoxy) is 3. The van der Waals surface area contributed by atoms with Crippen LogP contribution in [0.2, 0.25) is 0 Å². The number of unbranched alkanes of at least 4 members (excludes halogenated alkanes) is 37. The lowest BCUT2D eigenvalue weighted by molar-refractivity contribution is -0.163. The molecule has 0 radical (unpaired) electrons. The van der Waals surface area contributed by atoms with E-state index in [-0.39, 0.29) is 18.5 Å². The topological polar surface area (TPSA) is 61.8 Å².